The van der Waals surface area contributed by atoms with Crippen molar-refractivity contribution in [2.45, 2.75) is 56.8 Å². The first kappa shape index (κ1) is 35.7. The number of carboxylic acids is 1. The Kier molecular flexibility index (Phi) is 11.2. The Morgan fingerprint density at radius 3 is 2.22 bits per heavy atom. The number of sulfonamides is 1. The van der Waals surface area contributed by atoms with Gasteiger partial charge >= 0.3 is 18.5 Å². The number of hydrogen-bond acceptors (Lipinski definition) is 8. The molecule has 1 aliphatic carbocycles. The summed E-state index contributed by atoms with van der Waals surface area (Å²) in [6.45, 7) is 1.59. The molecule has 1 amide bonds. The summed E-state index contributed by atoms with van der Waals surface area (Å²) in [6.07, 6.45) is -6.20. The van der Waals surface area contributed by atoms with Crippen LogP contribution in [-0.2, 0) is 21.4 Å². The molecule has 0 unspecified atom stereocenters. The van der Waals surface area contributed by atoms with E-state index in [4.69, 9.17) is 19.4 Å². The molecule has 2 aromatic carbocycles. The Labute approximate surface area is 253 Å². The number of carbonyl (C=O) groups excluding carboxylic acids is 1. The molecule has 2 aliphatic rings. The molecule has 2 N–H and O–H groups in total. The molecule has 2 aromatic rings. The summed E-state index contributed by atoms with van der Waals surface area (Å²) in [5, 5.41) is 7.12. The molecule has 0 bridgehead atoms. The minimum Gasteiger partial charge on any atom is -0.496 e. The highest BCUT2D eigenvalue weighted by Crippen LogP contribution is 2.45. The van der Waals surface area contributed by atoms with Gasteiger partial charge in [-0.05, 0) is 55.8 Å². The number of carbonyl (C=O) groups is 2. The van der Waals surface area contributed by atoms with Gasteiger partial charge in [-0.1, -0.05) is 6.07 Å². The molecule has 1 saturated heterocycles. The maximum Gasteiger partial charge on any atom is 0.573 e. The van der Waals surface area contributed by atoms with E-state index in [2.05, 4.69) is 9.64 Å². The number of hydrogen-bond donors (Lipinski definition) is 2. The predicted molar refractivity (Wildman–Crippen MR) is 143 cm³/mol. The molecule has 1 heterocycles. The second kappa shape index (κ2) is 14.1. The molecule has 10 nitrogen and oxygen atoms in total. The van der Waals surface area contributed by atoms with E-state index in [1.54, 1.807) is 4.72 Å². The molecule has 1 aliphatic heterocycles. The summed E-state index contributed by atoms with van der Waals surface area (Å²) in [7, 11) is -2.49. The lowest BCUT2D eigenvalue weighted by atomic mass is 10.0. The number of ether oxygens (including phenoxy) is 3. The van der Waals surface area contributed by atoms with Crippen LogP contribution in [0.1, 0.15) is 53.1 Å². The number of amides is 1. The van der Waals surface area contributed by atoms with Crippen LogP contribution in [0.3, 0.4) is 0 Å². The van der Waals surface area contributed by atoms with E-state index in [9.17, 15) is 43.9 Å². The van der Waals surface area contributed by atoms with Crippen molar-refractivity contribution in [1.29, 1.82) is 0 Å². The number of piperidine rings is 1. The fourth-order valence-electron chi connectivity index (χ4n) is 4.51. The first-order valence-corrected chi connectivity index (χ1v) is 15.1. The normalized spacial score (nSPS) is 17.5. The van der Waals surface area contributed by atoms with E-state index in [-0.39, 0.29) is 29.1 Å². The maximum absolute atomic E-state index is 14.8. The van der Waals surface area contributed by atoms with Gasteiger partial charge in [0.05, 0.1) is 18.9 Å². The van der Waals surface area contributed by atoms with Crippen molar-refractivity contribution in [3.8, 4) is 17.2 Å². The van der Waals surface area contributed by atoms with Crippen LogP contribution in [0, 0.1) is 5.82 Å². The van der Waals surface area contributed by atoms with Gasteiger partial charge in [-0.25, -0.2) is 22.3 Å². The van der Waals surface area contributed by atoms with Gasteiger partial charge in [-0.15, -0.1) is 13.2 Å². The number of benzene rings is 2. The molecule has 0 spiro atoms. The van der Waals surface area contributed by atoms with Crippen LogP contribution >= 0.6 is 0 Å². The first-order chi connectivity index (χ1) is 20.8. The minimum absolute atomic E-state index is 0.0942. The molecule has 1 saturated carbocycles. The van der Waals surface area contributed by atoms with Crippen molar-refractivity contribution < 1.29 is 68.1 Å². The third kappa shape index (κ3) is 11.3. The minimum atomic E-state index is -5.08. The molecule has 1 atom stereocenters. The Balaban J connectivity index is 0.000000707. The Bertz CT molecular complexity index is 1500. The molecular formula is C27H29F7N2O8S. The summed E-state index contributed by atoms with van der Waals surface area (Å²) in [5.41, 5.74) is 0.970. The quantitative estimate of drug-likeness (QED) is 0.354. The van der Waals surface area contributed by atoms with Crippen LogP contribution in [-0.4, -0.2) is 75.4 Å². The third-order valence-electron chi connectivity index (χ3n) is 6.52. The number of rotatable bonds is 9. The summed E-state index contributed by atoms with van der Waals surface area (Å²) in [5.74, 6) is -4.38. The summed E-state index contributed by atoms with van der Waals surface area (Å²) >= 11 is 0. The highest BCUT2D eigenvalue weighted by molar-refractivity contribution is 7.89. The monoisotopic (exact) mass is 674 g/mol. The van der Waals surface area contributed by atoms with Gasteiger partial charge < -0.3 is 19.3 Å². The molecule has 0 radical (unpaired) electrons. The van der Waals surface area contributed by atoms with Crippen LogP contribution in [0.15, 0.2) is 30.3 Å². The van der Waals surface area contributed by atoms with Crippen molar-refractivity contribution >= 4 is 21.9 Å². The van der Waals surface area contributed by atoms with E-state index >= 15 is 0 Å². The van der Waals surface area contributed by atoms with Crippen molar-refractivity contribution in [3.05, 3.63) is 52.8 Å². The maximum atomic E-state index is 14.8. The zero-order valence-corrected chi connectivity index (χ0v) is 24.6. The van der Waals surface area contributed by atoms with E-state index in [1.807, 2.05) is 0 Å². The Morgan fingerprint density at radius 1 is 1.04 bits per heavy atom. The van der Waals surface area contributed by atoms with Gasteiger partial charge in [0.2, 0.25) is 10.0 Å². The van der Waals surface area contributed by atoms with Gasteiger partial charge in [-0.2, -0.15) is 13.2 Å². The summed E-state index contributed by atoms with van der Waals surface area (Å²) < 4.78 is 124. The molecule has 250 valence electrons. The lowest BCUT2D eigenvalue weighted by Crippen LogP contribution is -2.40. The number of nitrogens with one attached hydrogen (secondary N) is 1. The number of carboxylic acid groups (broad SMARTS) is 1. The van der Waals surface area contributed by atoms with Crippen LogP contribution in [0.2, 0.25) is 0 Å². The lowest BCUT2D eigenvalue weighted by Gasteiger charge is -2.33. The number of aliphatic carboxylic acids is 1. The Hall–Kier alpha value is -3.80. The predicted octanol–water partition coefficient (Wildman–Crippen LogP) is 4.98. The van der Waals surface area contributed by atoms with Crippen LogP contribution < -0.4 is 18.9 Å². The summed E-state index contributed by atoms with van der Waals surface area (Å²) in [4.78, 5) is 23.2. The number of alkyl halides is 6. The van der Waals surface area contributed by atoms with Gasteiger partial charge in [-0.3, -0.25) is 9.69 Å². The molecular weight excluding hydrogens is 645 g/mol. The van der Waals surface area contributed by atoms with Crippen molar-refractivity contribution in [3.63, 3.8) is 0 Å². The third-order valence-corrected chi connectivity index (χ3v) is 7.08. The van der Waals surface area contributed by atoms with Crippen LogP contribution in [0.25, 0.3) is 0 Å². The molecule has 4 rings (SSSR count). The van der Waals surface area contributed by atoms with Crippen molar-refractivity contribution in [2.75, 3.05) is 26.5 Å². The SMILES string of the molecule is COc1cc(OC(F)(F)F)ccc1CN1CCC[C@@H](Oc2cc(F)c(C(=O)NS(C)(=O)=O)cc2C2CC2)C1.O=C(O)C(F)(F)F. The second-order valence-corrected chi connectivity index (χ2v) is 12.0. The highest BCUT2D eigenvalue weighted by Gasteiger charge is 2.38. The molecule has 2 fully saturated rings. The zero-order valence-electron chi connectivity index (χ0n) is 23.8. The molecule has 45 heavy (non-hydrogen) atoms. The van der Waals surface area contributed by atoms with Gasteiger partial charge in [0.15, 0.2) is 0 Å². The Morgan fingerprint density at radius 2 is 1.69 bits per heavy atom. The van der Waals surface area contributed by atoms with E-state index in [0.29, 0.717) is 36.4 Å². The molecule has 18 heteroatoms. The van der Waals surface area contributed by atoms with Gasteiger partial charge in [0.1, 0.15) is 29.2 Å². The van der Waals surface area contributed by atoms with Crippen LogP contribution in [0.5, 0.6) is 17.2 Å². The van der Waals surface area contributed by atoms with Gasteiger partial charge in [0.25, 0.3) is 5.91 Å². The average Bonchev–Trinajstić information content (AvgIpc) is 3.73. The number of halogens is 7. The summed E-state index contributed by atoms with van der Waals surface area (Å²) in [6, 6.07) is 6.43. The van der Waals surface area contributed by atoms with Crippen molar-refractivity contribution in [1.82, 2.24) is 9.62 Å². The lowest BCUT2D eigenvalue weighted by molar-refractivity contribution is -0.274. The fourth-order valence-corrected chi connectivity index (χ4v) is 4.96. The number of likely N-dealkylation sites (tertiary alicyclic amines) is 1. The average molecular weight is 675 g/mol. The second-order valence-electron chi connectivity index (χ2n) is 10.3. The van der Waals surface area contributed by atoms with E-state index in [0.717, 1.165) is 38.1 Å². The van der Waals surface area contributed by atoms with Crippen LogP contribution in [0.4, 0.5) is 30.7 Å². The van der Waals surface area contributed by atoms with E-state index < -0.39 is 40.3 Å². The smallest absolute Gasteiger partial charge is 0.496 e. The standard InChI is InChI=1S/C25H28F4N2O6S.C2HF3O2/c1-35-22-10-17(37-25(27,28)29)8-7-16(22)13-31-9-3-4-18(14-31)36-23-12-21(26)20(11-19(23)15-5-6-15)24(32)30-38(2,33)34;3-2(4,5)1(6)7/h7-8,10-12,15,18H,3-6,9,13-14H2,1-2H3,(H,30,32);(H,6,7)/t18-;/m1./s1. The molecule has 0 aromatic heterocycles. The van der Waals surface area contributed by atoms with Gasteiger partial charge in [0, 0.05) is 30.8 Å². The first-order valence-electron chi connectivity index (χ1n) is 13.2. The van der Waals surface area contributed by atoms with Crippen molar-refractivity contribution in [2.24, 2.45) is 0 Å². The zero-order chi connectivity index (χ0) is 33.7. The topological polar surface area (TPSA) is 131 Å². The number of nitrogens with zero attached hydrogens (tertiary/aromatic N) is 1. The largest absolute Gasteiger partial charge is 0.573 e. The number of methoxy groups -OCH3 is 1. The van der Waals surface area contributed by atoms with E-state index in [1.165, 1.54) is 31.4 Å². The highest BCUT2D eigenvalue weighted by atomic mass is 32.2. The fraction of sp³-hybridized carbons (Fsp3) is 0.481.